The lowest BCUT2D eigenvalue weighted by Crippen LogP contribution is -2.28. The minimum atomic E-state index is -0.245. The molecular formula is C7H15NO3. The largest absolute Gasteiger partial charge is 0.468 e. The zero-order valence-electron chi connectivity index (χ0n) is 7.04. The quantitative estimate of drug-likeness (QED) is 0.551. The number of aliphatic hydroxyl groups is 1. The molecule has 0 amide bonds. The van der Waals surface area contributed by atoms with Gasteiger partial charge in [-0.2, -0.15) is 0 Å². The molecule has 0 fully saturated rings. The van der Waals surface area contributed by atoms with Crippen molar-refractivity contribution < 1.29 is 14.6 Å². The van der Waals surface area contributed by atoms with Gasteiger partial charge in [-0.3, -0.25) is 9.69 Å². The van der Waals surface area contributed by atoms with Crippen LogP contribution in [0.1, 0.15) is 6.42 Å². The highest BCUT2D eigenvalue weighted by atomic mass is 16.5. The number of esters is 1. The highest BCUT2D eigenvalue weighted by Crippen LogP contribution is 1.86. The zero-order chi connectivity index (χ0) is 8.69. The fourth-order valence-corrected chi connectivity index (χ4v) is 0.705. The van der Waals surface area contributed by atoms with Gasteiger partial charge < -0.3 is 9.84 Å². The minimum absolute atomic E-state index is 0.158. The lowest BCUT2D eigenvalue weighted by Gasteiger charge is -2.13. The van der Waals surface area contributed by atoms with Crippen molar-refractivity contribution in [2.24, 2.45) is 0 Å². The third kappa shape index (κ3) is 5.82. The van der Waals surface area contributed by atoms with E-state index in [4.69, 9.17) is 5.11 Å². The Bertz CT molecular complexity index is 116. The van der Waals surface area contributed by atoms with Crippen molar-refractivity contribution >= 4 is 5.97 Å². The molecular weight excluding hydrogens is 146 g/mol. The molecule has 0 spiro atoms. The van der Waals surface area contributed by atoms with Gasteiger partial charge in [0.2, 0.25) is 0 Å². The molecule has 0 aliphatic carbocycles. The Morgan fingerprint density at radius 3 is 2.73 bits per heavy atom. The molecule has 4 nitrogen and oxygen atoms in total. The Morgan fingerprint density at radius 2 is 2.27 bits per heavy atom. The van der Waals surface area contributed by atoms with Crippen LogP contribution in [0, 0.1) is 0 Å². The second kappa shape index (κ2) is 6.12. The summed E-state index contributed by atoms with van der Waals surface area (Å²) in [5.41, 5.74) is 0. The average molecular weight is 161 g/mol. The van der Waals surface area contributed by atoms with Crippen LogP contribution in [0.4, 0.5) is 0 Å². The van der Waals surface area contributed by atoms with Crippen LogP contribution in [0.15, 0.2) is 0 Å². The summed E-state index contributed by atoms with van der Waals surface area (Å²) < 4.78 is 4.46. The van der Waals surface area contributed by atoms with Gasteiger partial charge in [-0.05, 0) is 13.5 Å². The normalized spacial score (nSPS) is 10.2. The fraction of sp³-hybridized carbons (Fsp3) is 0.857. The summed E-state index contributed by atoms with van der Waals surface area (Å²) in [6.07, 6.45) is 0.688. The summed E-state index contributed by atoms with van der Waals surface area (Å²) in [6.45, 7) is 1.16. The highest BCUT2D eigenvalue weighted by molar-refractivity contribution is 5.71. The first-order valence-corrected chi connectivity index (χ1v) is 3.57. The molecule has 0 aliphatic heterocycles. The van der Waals surface area contributed by atoms with Gasteiger partial charge in [-0.25, -0.2) is 0 Å². The van der Waals surface area contributed by atoms with E-state index in [0.717, 1.165) is 0 Å². The van der Waals surface area contributed by atoms with Crippen LogP contribution < -0.4 is 0 Å². The van der Waals surface area contributed by atoms with Crippen LogP contribution in [0.25, 0.3) is 0 Å². The molecule has 0 aliphatic rings. The summed E-state index contributed by atoms with van der Waals surface area (Å²) in [7, 11) is 3.18. The Kier molecular flexibility index (Phi) is 5.78. The predicted octanol–water partition coefficient (Wildman–Crippen LogP) is -0.526. The maximum absolute atomic E-state index is 10.7. The maximum Gasteiger partial charge on any atom is 0.319 e. The standard InChI is InChI=1S/C7H15NO3/c1-8(4-3-5-9)6-7(10)11-2/h9H,3-6H2,1-2H3. The van der Waals surface area contributed by atoms with E-state index in [1.54, 1.807) is 0 Å². The molecule has 0 atom stereocenters. The number of ether oxygens (including phenoxy) is 1. The van der Waals surface area contributed by atoms with Crippen molar-refractivity contribution in [3.05, 3.63) is 0 Å². The molecule has 0 saturated carbocycles. The van der Waals surface area contributed by atoms with Crippen LogP contribution in [0.2, 0.25) is 0 Å². The molecule has 11 heavy (non-hydrogen) atoms. The number of carbonyl (C=O) groups excluding carboxylic acids is 1. The van der Waals surface area contributed by atoms with E-state index in [9.17, 15) is 4.79 Å². The number of hydrogen-bond donors (Lipinski definition) is 1. The first-order valence-electron chi connectivity index (χ1n) is 3.57. The molecule has 0 aromatic rings. The number of rotatable bonds is 5. The van der Waals surface area contributed by atoms with Crippen LogP contribution in [0.3, 0.4) is 0 Å². The highest BCUT2D eigenvalue weighted by Gasteiger charge is 2.04. The van der Waals surface area contributed by atoms with E-state index >= 15 is 0 Å². The molecule has 0 heterocycles. The summed E-state index contributed by atoms with van der Waals surface area (Å²) >= 11 is 0. The molecule has 4 heteroatoms. The van der Waals surface area contributed by atoms with Crippen molar-refractivity contribution in [2.75, 3.05) is 33.9 Å². The van der Waals surface area contributed by atoms with Gasteiger partial charge in [-0.15, -0.1) is 0 Å². The summed E-state index contributed by atoms with van der Waals surface area (Å²) in [5, 5.41) is 8.46. The Morgan fingerprint density at radius 1 is 1.64 bits per heavy atom. The van der Waals surface area contributed by atoms with Crippen molar-refractivity contribution in [1.29, 1.82) is 0 Å². The van der Waals surface area contributed by atoms with E-state index in [0.29, 0.717) is 13.0 Å². The molecule has 0 radical (unpaired) electrons. The number of carbonyl (C=O) groups is 1. The first-order chi connectivity index (χ1) is 5.20. The maximum atomic E-state index is 10.7. The van der Waals surface area contributed by atoms with Crippen molar-refractivity contribution in [3.63, 3.8) is 0 Å². The molecule has 0 bridgehead atoms. The molecule has 66 valence electrons. The lowest BCUT2D eigenvalue weighted by molar-refractivity contribution is -0.141. The Balaban J connectivity index is 3.35. The van der Waals surface area contributed by atoms with Crippen molar-refractivity contribution in [2.45, 2.75) is 6.42 Å². The van der Waals surface area contributed by atoms with Gasteiger partial charge in [0.05, 0.1) is 13.7 Å². The third-order valence-corrected chi connectivity index (χ3v) is 1.32. The second-order valence-electron chi connectivity index (χ2n) is 2.39. The van der Waals surface area contributed by atoms with Crippen molar-refractivity contribution in [3.8, 4) is 0 Å². The smallest absolute Gasteiger partial charge is 0.319 e. The zero-order valence-corrected chi connectivity index (χ0v) is 7.04. The van der Waals surface area contributed by atoms with E-state index in [1.165, 1.54) is 7.11 Å². The van der Waals surface area contributed by atoms with Crippen LogP contribution in [-0.4, -0.2) is 49.8 Å². The SMILES string of the molecule is COC(=O)CN(C)CCCO. The van der Waals surface area contributed by atoms with E-state index in [2.05, 4.69) is 4.74 Å². The van der Waals surface area contributed by atoms with E-state index in [1.807, 2.05) is 11.9 Å². The Hall–Kier alpha value is -0.610. The van der Waals surface area contributed by atoms with Gasteiger partial charge >= 0.3 is 5.97 Å². The van der Waals surface area contributed by atoms with Crippen molar-refractivity contribution in [1.82, 2.24) is 4.90 Å². The van der Waals surface area contributed by atoms with Crippen LogP contribution >= 0.6 is 0 Å². The Labute approximate surface area is 66.8 Å². The third-order valence-electron chi connectivity index (χ3n) is 1.32. The van der Waals surface area contributed by atoms with Gasteiger partial charge in [0, 0.05) is 13.2 Å². The lowest BCUT2D eigenvalue weighted by atomic mass is 10.4. The van der Waals surface area contributed by atoms with Gasteiger partial charge in [0.15, 0.2) is 0 Å². The molecule has 0 unspecified atom stereocenters. The molecule has 0 aromatic carbocycles. The number of hydrogen-bond acceptors (Lipinski definition) is 4. The van der Waals surface area contributed by atoms with Gasteiger partial charge in [-0.1, -0.05) is 0 Å². The molecule has 0 rings (SSSR count). The minimum Gasteiger partial charge on any atom is -0.468 e. The number of likely N-dealkylation sites (N-methyl/N-ethyl adjacent to an activating group) is 1. The van der Waals surface area contributed by atoms with Gasteiger partial charge in [0.1, 0.15) is 0 Å². The van der Waals surface area contributed by atoms with E-state index in [-0.39, 0.29) is 19.1 Å². The van der Waals surface area contributed by atoms with Gasteiger partial charge in [0.25, 0.3) is 0 Å². The summed E-state index contributed by atoms with van der Waals surface area (Å²) in [4.78, 5) is 12.5. The first kappa shape index (κ1) is 10.4. The topological polar surface area (TPSA) is 49.8 Å². The molecule has 0 aromatic heterocycles. The number of methoxy groups -OCH3 is 1. The molecule has 0 saturated heterocycles. The monoisotopic (exact) mass is 161 g/mol. The fourth-order valence-electron chi connectivity index (χ4n) is 0.705. The van der Waals surface area contributed by atoms with Crippen LogP contribution in [0.5, 0.6) is 0 Å². The summed E-state index contributed by atoms with van der Waals surface area (Å²) in [5.74, 6) is -0.245. The van der Waals surface area contributed by atoms with E-state index < -0.39 is 0 Å². The average Bonchev–Trinajstić information content (AvgIpc) is 2.00. The number of aliphatic hydroxyl groups excluding tert-OH is 1. The number of nitrogens with zero attached hydrogens (tertiary/aromatic N) is 1. The second-order valence-corrected chi connectivity index (χ2v) is 2.39. The predicted molar refractivity (Wildman–Crippen MR) is 41.2 cm³/mol. The molecule has 1 N–H and O–H groups in total. The summed E-state index contributed by atoms with van der Waals surface area (Å²) in [6, 6.07) is 0. The van der Waals surface area contributed by atoms with Crippen LogP contribution in [-0.2, 0) is 9.53 Å².